The molecule has 0 saturated carbocycles. The molecule has 0 bridgehead atoms. The monoisotopic (exact) mass is 135 g/mol. The van der Waals surface area contributed by atoms with Crippen molar-refractivity contribution in [2.75, 3.05) is 5.73 Å². The zero-order chi connectivity index (χ0) is 7.56. The van der Waals surface area contributed by atoms with E-state index >= 15 is 0 Å². The van der Waals surface area contributed by atoms with Gasteiger partial charge in [-0.2, -0.15) is 0 Å². The van der Waals surface area contributed by atoms with Crippen molar-refractivity contribution in [3.8, 4) is 12.3 Å². The molecule has 10 heavy (non-hydrogen) atoms. The molecule has 0 amide bonds. The largest absolute Gasteiger partial charge is 0.396 e. The molecular weight excluding hydrogens is 129 g/mol. The summed E-state index contributed by atoms with van der Waals surface area (Å²) >= 11 is 0. The number of nitrogens with two attached hydrogens (primary N) is 1. The van der Waals surface area contributed by atoms with Gasteiger partial charge in [-0.1, -0.05) is 5.92 Å². The smallest absolute Gasteiger partial charge is 0.146 e. The number of hydrogen-bond acceptors (Lipinski definition) is 1. The Balaban J connectivity index is 3.20. The van der Waals surface area contributed by atoms with Gasteiger partial charge in [-0.05, 0) is 18.2 Å². The summed E-state index contributed by atoms with van der Waals surface area (Å²) in [5, 5.41) is 0. The van der Waals surface area contributed by atoms with Gasteiger partial charge < -0.3 is 5.73 Å². The van der Waals surface area contributed by atoms with Gasteiger partial charge in [0.05, 0.1) is 5.69 Å². The second-order valence-electron chi connectivity index (χ2n) is 1.88. The van der Waals surface area contributed by atoms with Gasteiger partial charge in [-0.15, -0.1) is 6.42 Å². The van der Waals surface area contributed by atoms with Crippen molar-refractivity contribution in [3.63, 3.8) is 0 Å². The third-order valence-electron chi connectivity index (χ3n) is 1.16. The van der Waals surface area contributed by atoms with Gasteiger partial charge in [0, 0.05) is 5.56 Å². The highest BCUT2D eigenvalue weighted by atomic mass is 19.1. The highest BCUT2D eigenvalue weighted by Gasteiger charge is 1.95. The van der Waals surface area contributed by atoms with Crippen molar-refractivity contribution < 1.29 is 4.39 Å². The lowest BCUT2D eigenvalue weighted by atomic mass is 10.2. The summed E-state index contributed by atoms with van der Waals surface area (Å²) in [5.74, 6) is 1.92. The maximum Gasteiger partial charge on any atom is 0.146 e. The average Bonchev–Trinajstić information content (AvgIpc) is 1.95. The third-order valence-corrected chi connectivity index (χ3v) is 1.16. The highest BCUT2D eigenvalue weighted by Crippen LogP contribution is 2.10. The molecule has 0 aliphatic carbocycles. The molecule has 0 unspecified atom stereocenters. The number of hydrogen-bond donors (Lipinski definition) is 1. The Morgan fingerprint density at radius 1 is 1.50 bits per heavy atom. The van der Waals surface area contributed by atoms with E-state index in [2.05, 4.69) is 5.92 Å². The van der Waals surface area contributed by atoms with Crippen LogP contribution in [0.25, 0.3) is 0 Å². The molecule has 2 N–H and O–H groups in total. The fourth-order valence-electron chi connectivity index (χ4n) is 0.634. The first-order valence-electron chi connectivity index (χ1n) is 2.75. The molecular formula is C8H6FN. The van der Waals surface area contributed by atoms with Crippen LogP contribution in [-0.4, -0.2) is 0 Å². The molecule has 0 saturated heterocycles. The molecule has 0 aliphatic rings. The van der Waals surface area contributed by atoms with Crippen LogP contribution in [-0.2, 0) is 0 Å². The molecule has 1 aromatic rings. The van der Waals surface area contributed by atoms with E-state index < -0.39 is 5.82 Å². The Kier molecular flexibility index (Phi) is 1.59. The van der Waals surface area contributed by atoms with Gasteiger partial charge in [-0.3, -0.25) is 0 Å². The first-order chi connectivity index (χ1) is 4.74. The molecule has 1 nitrogen and oxygen atoms in total. The molecule has 0 aliphatic heterocycles. The molecule has 0 heterocycles. The van der Waals surface area contributed by atoms with E-state index in [0.717, 1.165) is 0 Å². The molecule has 1 aromatic carbocycles. The fourth-order valence-corrected chi connectivity index (χ4v) is 0.634. The zero-order valence-corrected chi connectivity index (χ0v) is 5.26. The minimum absolute atomic E-state index is 0.0930. The lowest BCUT2D eigenvalue weighted by Crippen LogP contribution is -1.90. The first-order valence-corrected chi connectivity index (χ1v) is 2.75. The second-order valence-corrected chi connectivity index (χ2v) is 1.88. The van der Waals surface area contributed by atoms with Crippen LogP contribution >= 0.6 is 0 Å². The quantitative estimate of drug-likeness (QED) is 0.422. The van der Waals surface area contributed by atoms with Crippen molar-refractivity contribution in [1.82, 2.24) is 0 Å². The van der Waals surface area contributed by atoms with Crippen molar-refractivity contribution in [3.05, 3.63) is 29.6 Å². The SMILES string of the molecule is C#Cc1ccc(F)c(N)c1. The maximum absolute atomic E-state index is 12.4. The summed E-state index contributed by atoms with van der Waals surface area (Å²) in [6.07, 6.45) is 5.04. The van der Waals surface area contributed by atoms with E-state index in [0.29, 0.717) is 5.56 Å². The molecule has 0 aromatic heterocycles. The van der Waals surface area contributed by atoms with Crippen LogP contribution in [0.15, 0.2) is 18.2 Å². The van der Waals surface area contributed by atoms with E-state index in [1.807, 2.05) is 0 Å². The summed E-state index contributed by atoms with van der Waals surface area (Å²) in [4.78, 5) is 0. The van der Waals surface area contributed by atoms with Crippen LogP contribution in [0, 0.1) is 18.2 Å². The van der Waals surface area contributed by atoms with Crippen LogP contribution in [0.4, 0.5) is 10.1 Å². The van der Waals surface area contributed by atoms with Crippen LogP contribution in [0.2, 0.25) is 0 Å². The van der Waals surface area contributed by atoms with Crippen molar-refractivity contribution in [2.45, 2.75) is 0 Å². The Labute approximate surface area is 58.7 Å². The number of anilines is 1. The summed E-state index contributed by atoms with van der Waals surface area (Å²) in [6.45, 7) is 0. The van der Waals surface area contributed by atoms with Crippen LogP contribution in [0.1, 0.15) is 5.56 Å². The molecule has 50 valence electrons. The number of halogens is 1. The van der Waals surface area contributed by atoms with E-state index in [9.17, 15) is 4.39 Å². The molecule has 0 radical (unpaired) electrons. The zero-order valence-electron chi connectivity index (χ0n) is 5.26. The molecule has 0 spiro atoms. The van der Waals surface area contributed by atoms with Gasteiger partial charge >= 0.3 is 0 Å². The third kappa shape index (κ3) is 1.08. The van der Waals surface area contributed by atoms with Gasteiger partial charge in [0.15, 0.2) is 0 Å². The maximum atomic E-state index is 12.4. The summed E-state index contributed by atoms with van der Waals surface area (Å²) in [6, 6.07) is 4.19. The topological polar surface area (TPSA) is 26.0 Å². The fraction of sp³-hybridized carbons (Fsp3) is 0. The number of nitrogen functional groups attached to an aromatic ring is 1. The summed E-state index contributed by atoms with van der Waals surface area (Å²) < 4.78 is 12.4. The summed E-state index contributed by atoms with van der Waals surface area (Å²) in [7, 11) is 0. The highest BCUT2D eigenvalue weighted by molar-refractivity contribution is 5.47. The van der Waals surface area contributed by atoms with E-state index in [4.69, 9.17) is 12.2 Å². The van der Waals surface area contributed by atoms with Gasteiger partial charge in [0.1, 0.15) is 5.82 Å². The predicted octanol–water partition coefficient (Wildman–Crippen LogP) is 1.39. The molecule has 1 rings (SSSR count). The average molecular weight is 135 g/mol. The first kappa shape index (κ1) is 6.63. The van der Waals surface area contributed by atoms with Crippen molar-refractivity contribution in [1.29, 1.82) is 0 Å². The van der Waals surface area contributed by atoms with E-state index in [1.54, 1.807) is 0 Å². The van der Waals surface area contributed by atoms with Gasteiger partial charge in [0.25, 0.3) is 0 Å². The second kappa shape index (κ2) is 2.40. The number of rotatable bonds is 0. The van der Waals surface area contributed by atoms with E-state index in [-0.39, 0.29) is 5.69 Å². The summed E-state index contributed by atoms with van der Waals surface area (Å²) in [5.41, 5.74) is 5.91. The van der Waals surface area contributed by atoms with Gasteiger partial charge in [0.2, 0.25) is 0 Å². The Morgan fingerprint density at radius 3 is 2.70 bits per heavy atom. The molecule has 2 heteroatoms. The molecule has 0 atom stereocenters. The standard InChI is InChI=1S/C8H6FN/c1-2-6-3-4-7(9)8(10)5-6/h1,3-5H,10H2. The van der Waals surface area contributed by atoms with Crippen LogP contribution in [0.5, 0.6) is 0 Å². The Hall–Kier alpha value is -1.49. The van der Waals surface area contributed by atoms with E-state index in [1.165, 1.54) is 18.2 Å². The lowest BCUT2D eigenvalue weighted by Gasteiger charge is -1.94. The van der Waals surface area contributed by atoms with Crippen LogP contribution < -0.4 is 5.73 Å². The minimum Gasteiger partial charge on any atom is -0.396 e. The predicted molar refractivity (Wildman–Crippen MR) is 38.7 cm³/mol. The Bertz CT molecular complexity index is 286. The van der Waals surface area contributed by atoms with Crippen molar-refractivity contribution in [2.24, 2.45) is 0 Å². The minimum atomic E-state index is -0.431. The number of terminal acetylenes is 1. The van der Waals surface area contributed by atoms with Gasteiger partial charge in [-0.25, -0.2) is 4.39 Å². The molecule has 0 fully saturated rings. The van der Waals surface area contributed by atoms with Crippen molar-refractivity contribution >= 4 is 5.69 Å². The Morgan fingerprint density at radius 2 is 2.20 bits per heavy atom. The normalized spacial score (nSPS) is 8.80. The number of benzene rings is 1. The lowest BCUT2D eigenvalue weighted by molar-refractivity contribution is 0.632. The van der Waals surface area contributed by atoms with Crippen LogP contribution in [0.3, 0.4) is 0 Å².